The number of aliphatic imine (C=N–C) groups is 1. The molecule has 0 saturated carbocycles. The van der Waals surface area contributed by atoms with Crippen molar-refractivity contribution in [1.29, 1.82) is 0 Å². The van der Waals surface area contributed by atoms with E-state index >= 15 is 0 Å². The molecule has 0 fully saturated rings. The third-order valence-corrected chi connectivity index (χ3v) is 5.53. The van der Waals surface area contributed by atoms with E-state index in [2.05, 4.69) is 90.0 Å². The zero-order valence-corrected chi connectivity index (χ0v) is 15.9. The van der Waals surface area contributed by atoms with E-state index in [0.717, 1.165) is 5.69 Å². The third-order valence-electron chi connectivity index (χ3n) is 5.53. The lowest BCUT2D eigenvalue weighted by Gasteiger charge is -2.42. The van der Waals surface area contributed by atoms with E-state index < -0.39 is 0 Å². The third kappa shape index (κ3) is 2.45. The lowest BCUT2D eigenvalue weighted by molar-refractivity contribution is 0.621. The van der Waals surface area contributed by atoms with E-state index in [1.54, 1.807) is 0 Å². The van der Waals surface area contributed by atoms with Gasteiger partial charge in [-0.05, 0) is 61.9 Å². The number of hydrogen-bond acceptors (Lipinski definition) is 2. The van der Waals surface area contributed by atoms with Crippen LogP contribution in [0.25, 0.3) is 0 Å². The van der Waals surface area contributed by atoms with Crippen molar-refractivity contribution in [3.8, 4) is 0 Å². The topological polar surface area (TPSA) is 15.6 Å². The number of benzene rings is 2. The Kier molecular flexibility index (Phi) is 4.03. The summed E-state index contributed by atoms with van der Waals surface area (Å²) in [6.07, 6.45) is 2.13. The zero-order valence-electron chi connectivity index (χ0n) is 15.9. The number of hydrogen-bond donors (Lipinski definition) is 0. The quantitative estimate of drug-likeness (QED) is 0.682. The van der Waals surface area contributed by atoms with Gasteiger partial charge >= 0.3 is 0 Å². The molecule has 0 aliphatic carbocycles. The van der Waals surface area contributed by atoms with Crippen LogP contribution in [0.4, 0.5) is 11.4 Å². The van der Waals surface area contributed by atoms with Crippen LogP contribution in [0.3, 0.4) is 0 Å². The normalized spacial score (nSPS) is 19.8. The van der Waals surface area contributed by atoms with Crippen LogP contribution in [-0.4, -0.2) is 13.3 Å². The first-order valence-electron chi connectivity index (χ1n) is 8.76. The minimum atomic E-state index is -0.233. The molecule has 1 aliphatic heterocycles. The van der Waals surface area contributed by atoms with E-state index in [9.17, 15) is 0 Å². The molecule has 1 atom stereocenters. The van der Waals surface area contributed by atoms with Gasteiger partial charge in [-0.15, -0.1) is 0 Å². The molecule has 2 heteroatoms. The van der Waals surface area contributed by atoms with Gasteiger partial charge in [0.1, 0.15) is 0 Å². The summed E-state index contributed by atoms with van der Waals surface area (Å²) in [6, 6.07) is 11.1. The molecule has 3 rings (SSSR count). The van der Waals surface area contributed by atoms with Crippen molar-refractivity contribution >= 4 is 17.6 Å². The Labute approximate surface area is 146 Å². The number of para-hydroxylation sites is 1. The molecule has 2 aromatic rings. The molecule has 2 aromatic carbocycles. The van der Waals surface area contributed by atoms with Gasteiger partial charge in [0.05, 0.1) is 16.9 Å². The van der Waals surface area contributed by atoms with E-state index in [1.807, 2.05) is 0 Å². The molecule has 1 heterocycles. The largest absolute Gasteiger partial charge is 0.358 e. The molecular formula is C22H28N2. The minimum absolute atomic E-state index is 0.233. The van der Waals surface area contributed by atoms with Gasteiger partial charge in [-0.3, -0.25) is 4.99 Å². The van der Waals surface area contributed by atoms with Gasteiger partial charge in [-0.1, -0.05) is 43.7 Å². The second-order valence-electron chi connectivity index (χ2n) is 7.59. The molecule has 126 valence electrons. The first kappa shape index (κ1) is 16.8. The summed E-state index contributed by atoms with van der Waals surface area (Å²) < 4.78 is 0. The monoisotopic (exact) mass is 320 g/mol. The van der Waals surface area contributed by atoms with Gasteiger partial charge in [0.15, 0.2) is 0 Å². The van der Waals surface area contributed by atoms with Gasteiger partial charge in [0.2, 0.25) is 0 Å². The second kappa shape index (κ2) is 5.77. The van der Waals surface area contributed by atoms with Crippen LogP contribution >= 0.6 is 0 Å². The molecule has 0 bridgehead atoms. The predicted molar refractivity (Wildman–Crippen MR) is 105 cm³/mol. The molecule has 0 aromatic heterocycles. The summed E-state index contributed by atoms with van der Waals surface area (Å²) in [4.78, 5) is 7.31. The molecule has 0 spiro atoms. The first-order chi connectivity index (χ1) is 11.3. The number of nitrogens with zero attached hydrogens (tertiary/aromatic N) is 2. The Bertz CT molecular complexity index is 817. The van der Waals surface area contributed by atoms with Crippen LogP contribution in [-0.2, 0) is 5.54 Å². The van der Waals surface area contributed by atoms with E-state index in [4.69, 9.17) is 4.99 Å². The van der Waals surface area contributed by atoms with Crippen LogP contribution in [0.5, 0.6) is 0 Å². The highest BCUT2D eigenvalue weighted by atomic mass is 15.2. The fourth-order valence-corrected chi connectivity index (χ4v) is 3.77. The maximum absolute atomic E-state index is 4.93. The van der Waals surface area contributed by atoms with Crippen molar-refractivity contribution in [2.45, 2.75) is 53.0 Å². The van der Waals surface area contributed by atoms with Gasteiger partial charge in [-0.2, -0.15) is 0 Å². The Morgan fingerprint density at radius 3 is 2.46 bits per heavy atom. The van der Waals surface area contributed by atoms with Crippen LogP contribution < -0.4 is 4.90 Å². The average Bonchev–Trinajstić information content (AvgIpc) is 2.54. The van der Waals surface area contributed by atoms with Crippen molar-refractivity contribution in [2.75, 3.05) is 11.9 Å². The standard InChI is InChI=1S/C22H28N2/c1-14(2)18-9-8-10-20-21(18)23-13-22(6,24(20)7)19-12-15(3)11-16(4)17(19)5/h8-14H,1-7H3. The van der Waals surface area contributed by atoms with Crippen molar-refractivity contribution in [2.24, 2.45) is 4.99 Å². The summed E-state index contributed by atoms with van der Waals surface area (Å²) in [7, 11) is 2.19. The van der Waals surface area contributed by atoms with E-state index in [-0.39, 0.29) is 5.54 Å². The highest BCUT2D eigenvalue weighted by Gasteiger charge is 2.36. The number of rotatable bonds is 2. The molecule has 0 N–H and O–H groups in total. The number of anilines is 1. The molecule has 2 nitrogen and oxygen atoms in total. The number of aryl methyl sites for hydroxylation is 2. The van der Waals surface area contributed by atoms with Gasteiger partial charge in [0.25, 0.3) is 0 Å². The SMILES string of the molecule is Cc1cc(C)c(C)c(C2(C)C=Nc3c(C(C)C)cccc3N2C)c1. The highest BCUT2D eigenvalue weighted by molar-refractivity contribution is 5.90. The maximum atomic E-state index is 4.93. The lowest BCUT2D eigenvalue weighted by Crippen LogP contribution is -2.45. The number of fused-ring (bicyclic) bond motifs is 1. The molecule has 0 radical (unpaired) electrons. The summed E-state index contributed by atoms with van der Waals surface area (Å²) in [5, 5.41) is 0. The summed E-state index contributed by atoms with van der Waals surface area (Å²) in [6.45, 7) is 13.3. The van der Waals surface area contributed by atoms with Crippen LogP contribution in [0.1, 0.15) is 54.5 Å². The molecular weight excluding hydrogens is 292 g/mol. The van der Waals surface area contributed by atoms with Gasteiger partial charge in [-0.25, -0.2) is 0 Å². The molecule has 24 heavy (non-hydrogen) atoms. The minimum Gasteiger partial charge on any atom is -0.358 e. The smallest absolute Gasteiger partial charge is 0.0979 e. The summed E-state index contributed by atoms with van der Waals surface area (Å²) >= 11 is 0. The van der Waals surface area contributed by atoms with E-state index in [1.165, 1.54) is 33.5 Å². The zero-order chi connectivity index (χ0) is 17.6. The fourth-order valence-electron chi connectivity index (χ4n) is 3.77. The Morgan fingerprint density at radius 2 is 1.79 bits per heavy atom. The lowest BCUT2D eigenvalue weighted by atomic mass is 9.83. The van der Waals surface area contributed by atoms with Crippen LogP contribution in [0, 0.1) is 20.8 Å². The van der Waals surface area contributed by atoms with Crippen molar-refractivity contribution in [3.63, 3.8) is 0 Å². The Hall–Kier alpha value is -2.09. The Morgan fingerprint density at radius 1 is 1.08 bits per heavy atom. The molecule has 0 saturated heterocycles. The molecule has 1 unspecified atom stereocenters. The predicted octanol–water partition coefficient (Wildman–Crippen LogP) is 5.80. The maximum Gasteiger partial charge on any atom is 0.0979 e. The van der Waals surface area contributed by atoms with Crippen LogP contribution in [0.15, 0.2) is 35.3 Å². The molecule has 1 aliphatic rings. The Balaban J connectivity index is 2.19. The average molecular weight is 320 g/mol. The van der Waals surface area contributed by atoms with Gasteiger partial charge in [0, 0.05) is 13.3 Å². The molecule has 0 amide bonds. The highest BCUT2D eigenvalue weighted by Crippen LogP contribution is 2.44. The first-order valence-corrected chi connectivity index (χ1v) is 8.76. The van der Waals surface area contributed by atoms with E-state index in [0.29, 0.717) is 5.92 Å². The second-order valence-corrected chi connectivity index (χ2v) is 7.59. The summed E-state index contributed by atoms with van der Waals surface area (Å²) in [5.41, 5.74) is 8.75. The van der Waals surface area contributed by atoms with Crippen LogP contribution in [0.2, 0.25) is 0 Å². The van der Waals surface area contributed by atoms with Crippen molar-refractivity contribution < 1.29 is 0 Å². The fraction of sp³-hybridized carbons (Fsp3) is 0.409. The van der Waals surface area contributed by atoms with Crippen molar-refractivity contribution in [1.82, 2.24) is 0 Å². The van der Waals surface area contributed by atoms with Gasteiger partial charge < -0.3 is 4.90 Å². The summed E-state index contributed by atoms with van der Waals surface area (Å²) in [5.74, 6) is 0.470. The van der Waals surface area contributed by atoms with Crippen molar-refractivity contribution in [3.05, 3.63) is 58.1 Å².